The number of carbonyl (C=O) groups is 1. The van der Waals surface area contributed by atoms with E-state index in [-0.39, 0.29) is 5.69 Å². The highest BCUT2D eigenvalue weighted by molar-refractivity contribution is 5.96. The maximum Gasteiger partial charge on any atom is 0.246 e. The fourth-order valence-electron chi connectivity index (χ4n) is 1.73. The van der Waals surface area contributed by atoms with Crippen LogP contribution in [-0.4, -0.2) is 24.0 Å². The van der Waals surface area contributed by atoms with Crippen molar-refractivity contribution >= 4 is 17.3 Å². The molecule has 0 saturated heterocycles. The number of hydrogen-bond acceptors (Lipinski definition) is 4. The Kier molecular flexibility index (Phi) is 4.88. The number of hydrogen-bond donors (Lipinski definition) is 2. The highest BCUT2D eigenvalue weighted by Crippen LogP contribution is 2.16. The molecule has 2 N–H and O–H groups in total. The van der Waals surface area contributed by atoms with Gasteiger partial charge in [-0.3, -0.25) is 4.79 Å². The molecule has 116 valence electrons. The van der Waals surface area contributed by atoms with Crippen molar-refractivity contribution in [1.29, 1.82) is 0 Å². The van der Waals surface area contributed by atoms with Crippen molar-refractivity contribution in [3.05, 3.63) is 48.2 Å². The van der Waals surface area contributed by atoms with E-state index in [1.165, 1.54) is 19.4 Å². The third-order valence-electron chi connectivity index (χ3n) is 2.91. The topological polar surface area (TPSA) is 63.2 Å². The van der Waals surface area contributed by atoms with Gasteiger partial charge < -0.3 is 15.4 Å². The SMILES string of the molecule is COc1ccc(N[C@@H](C)C(=O)Nc2ccc(F)cc2F)cn1. The maximum absolute atomic E-state index is 13.5. The van der Waals surface area contributed by atoms with Crippen LogP contribution in [0.25, 0.3) is 0 Å². The average Bonchev–Trinajstić information content (AvgIpc) is 2.50. The maximum atomic E-state index is 13.5. The van der Waals surface area contributed by atoms with Crippen LogP contribution in [-0.2, 0) is 4.79 Å². The molecule has 0 spiro atoms. The number of carbonyl (C=O) groups excluding carboxylic acids is 1. The Morgan fingerprint density at radius 2 is 2.05 bits per heavy atom. The Morgan fingerprint density at radius 3 is 2.64 bits per heavy atom. The van der Waals surface area contributed by atoms with Crippen molar-refractivity contribution in [2.45, 2.75) is 13.0 Å². The van der Waals surface area contributed by atoms with Gasteiger partial charge >= 0.3 is 0 Å². The highest BCUT2D eigenvalue weighted by atomic mass is 19.1. The number of aromatic nitrogens is 1. The summed E-state index contributed by atoms with van der Waals surface area (Å²) in [6.07, 6.45) is 1.51. The van der Waals surface area contributed by atoms with Crippen LogP contribution in [0.1, 0.15) is 6.92 Å². The highest BCUT2D eigenvalue weighted by Gasteiger charge is 2.15. The number of pyridine rings is 1. The molecule has 0 unspecified atom stereocenters. The summed E-state index contributed by atoms with van der Waals surface area (Å²) < 4.78 is 31.2. The van der Waals surface area contributed by atoms with E-state index in [4.69, 9.17) is 4.74 Å². The number of ether oxygens (including phenoxy) is 1. The van der Waals surface area contributed by atoms with E-state index in [0.29, 0.717) is 17.6 Å². The van der Waals surface area contributed by atoms with Gasteiger partial charge in [-0.2, -0.15) is 0 Å². The molecule has 0 aliphatic heterocycles. The van der Waals surface area contributed by atoms with Gasteiger partial charge in [0, 0.05) is 12.1 Å². The Labute approximate surface area is 126 Å². The van der Waals surface area contributed by atoms with Crippen molar-refractivity contribution < 1.29 is 18.3 Å². The number of anilines is 2. The van der Waals surface area contributed by atoms with Crippen LogP contribution < -0.4 is 15.4 Å². The predicted molar refractivity (Wildman–Crippen MR) is 78.9 cm³/mol. The lowest BCUT2D eigenvalue weighted by Crippen LogP contribution is -2.32. The van der Waals surface area contributed by atoms with Crippen molar-refractivity contribution in [2.24, 2.45) is 0 Å². The molecule has 2 rings (SSSR count). The molecule has 0 saturated carbocycles. The van der Waals surface area contributed by atoms with Gasteiger partial charge in [-0.1, -0.05) is 0 Å². The van der Waals surface area contributed by atoms with E-state index in [2.05, 4.69) is 15.6 Å². The minimum absolute atomic E-state index is 0.0760. The van der Waals surface area contributed by atoms with E-state index in [0.717, 1.165) is 6.07 Å². The quantitative estimate of drug-likeness (QED) is 0.891. The summed E-state index contributed by atoms with van der Waals surface area (Å²) >= 11 is 0. The third kappa shape index (κ3) is 3.91. The van der Waals surface area contributed by atoms with Gasteiger partial charge in [-0.05, 0) is 25.1 Å². The van der Waals surface area contributed by atoms with Gasteiger partial charge in [0.1, 0.15) is 17.7 Å². The Morgan fingerprint density at radius 1 is 1.27 bits per heavy atom. The van der Waals surface area contributed by atoms with E-state index >= 15 is 0 Å². The lowest BCUT2D eigenvalue weighted by molar-refractivity contribution is -0.116. The zero-order valence-corrected chi connectivity index (χ0v) is 12.1. The molecule has 1 aromatic carbocycles. The molecule has 1 atom stereocenters. The fraction of sp³-hybridized carbons (Fsp3) is 0.200. The van der Waals surface area contributed by atoms with E-state index in [1.54, 1.807) is 19.1 Å². The second-order valence-corrected chi connectivity index (χ2v) is 4.57. The lowest BCUT2D eigenvalue weighted by Gasteiger charge is -2.15. The molecule has 7 heteroatoms. The molecule has 0 aliphatic rings. The third-order valence-corrected chi connectivity index (χ3v) is 2.91. The van der Waals surface area contributed by atoms with Crippen molar-refractivity contribution in [2.75, 3.05) is 17.7 Å². The Bertz CT molecular complexity index is 662. The first-order valence-corrected chi connectivity index (χ1v) is 6.52. The molecule has 1 aromatic heterocycles. The lowest BCUT2D eigenvalue weighted by atomic mass is 10.2. The van der Waals surface area contributed by atoms with E-state index in [1.807, 2.05) is 0 Å². The van der Waals surface area contributed by atoms with Gasteiger partial charge in [0.15, 0.2) is 0 Å². The summed E-state index contributed by atoms with van der Waals surface area (Å²) in [5, 5.41) is 5.31. The minimum Gasteiger partial charge on any atom is -0.481 e. The van der Waals surface area contributed by atoms with Gasteiger partial charge in [0.2, 0.25) is 11.8 Å². The first-order valence-electron chi connectivity index (χ1n) is 6.52. The monoisotopic (exact) mass is 307 g/mol. The minimum atomic E-state index is -0.827. The van der Waals surface area contributed by atoms with Crippen LogP contribution in [0.3, 0.4) is 0 Å². The van der Waals surface area contributed by atoms with Crippen LogP contribution in [0.2, 0.25) is 0 Å². The average molecular weight is 307 g/mol. The normalized spacial score (nSPS) is 11.6. The second kappa shape index (κ2) is 6.84. The smallest absolute Gasteiger partial charge is 0.246 e. The Hall–Kier alpha value is -2.70. The van der Waals surface area contributed by atoms with Gasteiger partial charge in [0.05, 0.1) is 24.7 Å². The van der Waals surface area contributed by atoms with Crippen LogP contribution >= 0.6 is 0 Å². The molecule has 0 aliphatic carbocycles. The van der Waals surface area contributed by atoms with Crippen molar-refractivity contribution in [1.82, 2.24) is 4.98 Å². The molecule has 1 heterocycles. The molecular weight excluding hydrogens is 292 g/mol. The van der Waals surface area contributed by atoms with Crippen LogP contribution in [0.4, 0.5) is 20.2 Å². The van der Waals surface area contributed by atoms with Gasteiger partial charge in [0.25, 0.3) is 0 Å². The molecule has 5 nitrogen and oxygen atoms in total. The standard InChI is InChI=1S/C15H15F2N3O2/c1-9(19-11-4-6-14(22-2)18-8-11)15(21)20-13-5-3-10(16)7-12(13)17/h3-9,19H,1-2H3,(H,20,21)/t9-/m0/s1. The fourth-order valence-corrected chi connectivity index (χ4v) is 1.73. The van der Waals surface area contributed by atoms with Crippen LogP contribution in [0.15, 0.2) is 36.5 Å². The first kappa shape index (κ1) is 15.7. The molecule has 0 radical (unpaired) electrons. The molecule has 2 aromatic rings. The number of benzene rings is 1. The van der Waals surface area contributed by atoms with E-state index in [9.17, 15) is 13.6 Å². The number of methoxy groups -OCH3 is 1. The second-order valence-electron chi connectivity index (χ2n) is 4.57. The zero-order chi connectivity index (χ0) is 16.1. The van der Waals surface area contributed by atoms with Crippen molar-refractivity contribution in [3.8, 4) is 5.88 Å². The van der Waals surface area contributed by atoms with E-state index < -0.39 is 23.6 Å². The predicted octanol–water partition coefficient (Wildman–Crippen LogP) is 2.81. The number of amides is 1. The number of nitrogens with one attached hydrogen (secondary N) is 2. The van der Waals surface area contributed by atoms with Crippen LogP contribution in [0, 0.1) is 11.6 Å². The number of rotatable bonds is 5. The van der Waals surface area contributed by atoms with Crippen molar-refractivity contribution in [3.63, 3.8) is 0 Å². The molecular formula is C15H15F2N3O2. The summed E-state index contributed by atoms with van der Waals surface area (Å²) in [5.74, 6) is -1.53. The molecule has 1 amide bonds. The summed E-state index contributed by atoms with van der Waals surface area (Å²) in [6, 6.07) is 5.66. The number of halogens is 2. The molecule has 22 heavy (non-hydrogen) atoms. The summed E-state index contributed by atoms with van der Waals surface area (Å²) in [4.78, 5) is 16.0. The van der Waals surface area contributed by atoms with Gasteiger partial charge in [-0.15, -0.1) is 0 Å². The first-order chi connectivity index (χ1) is 10.5. The summed E-state index contributed by atoms with van der Waals surface area (Å²) in [5.41, 5.74) is 0.538. The molecule has 0 fully saturated rings. The van der Waals surface area contributed by atoms with Gasteiger partial charge in [-0.25, -0.2) is 13.8 Å². The largest absolute Gasteiger partial charge is 0.481 e. The Balaban J connectivity index is 1.99. The number of nitrogens with zero attached hydrogens (tertiary/aromatic N) is 1. The summed E-state index contributed by atoms with van der Waals surface area (Å²) in [7, 11) is 1.50. The van der Waals surface area contributed by atoms with Crippen LogP contribution in [0.5, 0.6) is 5.88 Å². The zero-order valence-electron chi connectivity index (χ0n) is 12.1. The summed E-state index contributed by atoms with van der Waals surface area (Å²) in [6.45, 7) is 1.61. The molecule has 0 bridgehead atoms.